The Bertz CT molecular complexity index is 1500. The summed E-state index contributed by atoms with van der Waals surface area (Å²) in [6.45, 7) is 1.58. The van der Waals surface area contributed by atoms with Crippen LogP contribution in [0.15, 0.2) is 64.7 Å². The predicted molar refractivity (Wildman–Crippen MR) is 153 cm³/mol. The fourth-order valence-electron chi connectivity index (χ4n) is 5.69. The maximum absolute atomic E-state index is 14.1. The first-order chi connectivity index (χ1) is 19.2. The summed E-state index contributed by atoms with van der Waals surface area (Å²) >= 11 is 39.5. The minimum Gasteiger partial charge on any atom is -0.292 e. The number of nitrogens with zero attached hydrogens (tertiary/aromatic N) is 3. The fourth-order valence-corrected chi connectivity index (χ4v) is 8.62. The molecule has 0 spiro atoms. The third kappa shape index (κ3) is 3.83. The molecule has 2 aromatic carbocycles. The highest BCUT2D eigenvalue weighted by Gasteiger charge is 2.88. The van der Waals surface area contributed by atoms with E-state index in [1.807, 2.05) is 0 Å². The van der Waals surface area contributed by atoms with Crippen molar-refractivity contribution in [2.24, 2.45) is 11.8 Å². The van der Waals surface area contributed by atoms with E-state index in [0.717, 1.165) is 29.3 Å². The molecule has 3 aliphatic rings. The van der Waals surface area contributed by atoms with Crippen molar-refractivity contribution >= 4 is 98.8 Å². The number of nitro benzene ring substituents is 1. The summed E-state index contributed by atoms with van der Waals surface area (Å²) in [5.74, 6) is -6.69. The van der Waals surface area contributed by atoms with E-state index in [2.05, 4.69) is 0 Å². The van der Waals surface area contributed by atoms with Gasteiger partial charge in [-0.3, -0.25) is 29.3 Å². The lowest BCUT2D eigenvalue weighted by molar-refractivity contribution is -0.384. The Morgan fingerprint density at radius 2 is 1.39 bits per heavy atom. The second kappa shape index (κ2) is 10.1. The largest absolute Gasteiger partial charge is 0.292 e. The number of halogens is 6. The normalized spacial score (nSPS) is 28.6. The van der Waals surface area contributed by atoms with Crippen molar-refractivity contribution in [1.82, 2.24) is 10.0 Å². The summed E-state index contributed by atoms with van der Waals surface area (Å²) in [7, 11) is 0. The molecule has 2 aliphatic carbocycles. The summed E-state index contributed by atoms with van der Waals surface area (Å²) in [5, 5.41) is 11.8. The quantitative estimate of drug-likeness (QED) is 0.115. The molecule has 41 heavy (non-hydrogen) atoms. The monoisotopic (exact) mass is 677 g/mol. The van der Waals surface area contributed by atoms with Crippen molar-refractivity contribution < 1.29 is 24.1 Å². The molecule has 2 bridgehead atoms. The molecule has 1 aliphatic heterocycles. The van der Waals surface area contributed by atoms with Crippen LogP contribution in [0.5, 0.6) is 0 Å². The van der Waals surface area contributed by atoms with Crippen LogP contribution in [0.1, 0.15) is 34.1 Å². The molecule has 0 aromatic heterocycles. The van der Waals surface area contributed by atoms with Crippen LogP contribution in [0, 0.1) is 22.0 Å². The highest BCUT2D eigenvalue weighted by molar-refractivity contribution is 6.66. The topological polar surface area (TPSA) is 118 Å². The number of alkyl halides is 4. The molecule has 1 saturated heterocycles. The van der Waals surface area contributed by atoms with Gasteiger partial charge in [-0.2, -0.15) is 5.01 Å². The summed E-state index contributed by atoms with van der Waals surface area (Å²) < 4.78 is -2.19. The van der Waals surface area contributed by atoms with E-state index in [9.17, 15) is 29.3 Å². The predicted octanol–water partition coefficient (Wildman–Crippen LogP) is 6.06. The van der Waals surface area contributed by atoms with E-state index in [-0.39, 0.29) is 33.3 Å². The number of fused-ring (bicyclic) bond motifs is 5. The number of rotatable bonds is 7. The number of hydrogen-bond acceptors (Lipinski definition) is 6. The average Bonchev–Trinajstić information content (AvgIpc) is 3.34. The first-order valence-electron chi connectivity index (χ1n) is 12.0. The Morgan fingerprint density at radius 1 is 0.902 bits per heavy atom. The van der Waals surface area contributed by atoms with Gasteiger partial charge in [0.1, 0.15) is 15.8 Å². The van der Waals surface area contributed by atoms with Gasteiger partial charge in [-0.25, -0.2) is 5.01 Å². The lowest BCUT2D eigenvalue weighted by Crippen LogP contribution is -2.60. The average molecular weight is 680 g/mol. The number of benzene rings is 2. The van der Waals surface area contributed by atoms with E-state index in [1.165, 1.54) is 12.1 Å². The number of nitro groups is 1. The van der Waals surface area contributed by atoms with E-state index in [1.54, 1.807) is 25.1 Å². The molecule has 3 amide bonds. The van der Waals surface area contributed by atoms with Gasteiger partial charge in [-0.1, -0.05) is 83.7 Å². The standard InChI is InChI=1S/C26H17Cl6N3O6/c1-2-15(18(36)12-6-4-3-5-7-12)33(21(37)13-8-10-14(11-9-13)35(40)41)34-22(38)16-17(23(34)39)25(30)20(28)19(27)24(16,29)26(25,31)32/h3-11,15-17H,2H2,1H3/t15-,16-,17+,24+,25+/m0/s1. The second-order valence-corrected chi connectivity index (χ2v) is 13.0. The van der Waals surface area contributed by atoms with Crippen LogP contribution < -0.4 is 0 Å². The fraction of sp³-hybridized carbons (Fsp3) is 0.308. The summed E-state index contributed by atoms with van der Waals surface area (Å²) in [6, 6.07) is 11.0. The van der Waals surface area contributed by atoms with Gasteiger partial charge in [-0.15, -0.1) is 23.2 Å². The molecule has 2 fully saturated rings. The number of imide groups is 1. The summed E-state index contributed by atoms with van der Waals surface area (Å²) in [4.78, 5) is 62.2. The molecule has 5 atom stereocenters. The van der Waals surface area contributed by atoms with Crippen LogP contribution in [-0.4, -0.2) is 58.6 Å². The Balaban J connectivity index is 1.66. The number of hydrazine groups is 1. The third-order valence-electron chi connectivity index (χ3n) is 7.68. The van der Waals surface area contributed by atoms with Gasteiger partial charge < -0.3 is 0 Å². The molecular weight excluding hydrogens is 663 g/mol. The molecule has 214 valence electrons. The van der Waals surface area contributed by atoms with Crippen LogP contribution in [-0.2, 0) is 9.59 Å². The maximum Gasteiger partial charge on any atom is 0.273 e. The molecule has 2 aromatic rings. The number of carbonyl (C=O) groups excluding carboxylic acids is 4. The van der Waals surface area contributed by atoms with E-state index in [4.69, 9.17) is 69.6 Å². The van der Waals surface area contributed by atoms with Crippen LogP contribution in [0.3, 0.4) is 0 Å². The molecule has 5 rings (SSSR count). The summed E-state index contributed by atoms with van der Waals surface area (Å²) in [5.41, 5.74) is -0.241. The number of non-ortho nitro benzene ring substituents is 1. The lowest BCUT2D eigenvalue weighted by atomic mass is 9.84. The van der Waals surface area contributed by atoms with Crippen molar-refractivity contribution in [3.05, 3.63) is 85.9 Å². The van der Waals surface area contributed by atoms with Gasteiger partial charge in [0, 0.05) is 23.3 Å². The van der Waals surface area contributed by atoms with Gasteiger partial charge in [-0.05, 0) is 18.6 Å². The maximum atomic E-state index is 14.1. The van der Waals surface area contributed by atoms with Gasteiger partial charge in [0.15, 0.2) is 10.1 Å². The number of Topliss-reactive ketones (excluding diaryl/α,β-unsaturated/α-hetero) is 1. The second-order valence-electron chi connectivity index (χ2n) is 9.68. The molecule has 1 heterocycles. The first-order valence-corrected chi connectivity index (χ1v) is 14.3. The minimum absolute atomic E-state index is 0.0361. The van der Waals surface area contributed by atoms with Gasteiger partial charge in [0.05, 0.1) is 26.8 Å². The molecule has 1 saturated carbocycles. The van der Waals surface area contributed by atoms with E-state index in [0.29, 0.717) is 5.01 Å². The number of allylic oxidation sites excluding steroid dienone is 2. The molecule has 15 heteroatoms. The zero-order valence-electron chi connectivity index (χ0n) is 20.7. The zero-order valence-corrected chi connectivity index (χ0v) is 25.2. The smallest absolute Gasteiger partial charge is 0.273 e. The molecule has 9 nitrogen and oxygen atoms in total. The minimum atomic E-state index is -2.19. The van der Waals surface area contributed by atoms with Crippen molar-refractivity contribution in [1.29, 1.82) is 0 Å². The first kappa shape index (κ1) is 30.1. The van der Waals surface area contributed by atoms with E-state index >= 15 is 0 Å². The molecule has 0 unspecified atom stereocenters. The Hall–Kier alpha value is -2.40. The number of amides is 3. The number of ketones is 1. The van der Waals surface area contributed by atoms with Crippen molar-refractivity contribution in [3.63, 3.8) is 0 Å². The van der Waals surface area contributed by atoms with Crippen molar-refractivity contribution in [2.45, 2.75) is 33.5 Å². The van der Waals surface area contributed by atoms with Crippen molar-refractivity contribution in [2.75, 3.05) is 0 Å². The van der Waals surface area contributed by atoms with Gasteiger partial charge in [0.25, 0.3) is 23.4 Å². The molecule has 0 radical (unpaired) electrons. The Morgan fingerprint density at radius 3 is 1.83 bits per heavy atom. The van der Waals surface area contributed by atoms with E-state index < -0.39 is 60.4 Å². The SMILES string of the molecule is CC[C@@H](C(=O)c1ccccc1)N(C(=O)c1ccc([N+](=O)[O-])cc1)N1C(=O)[C@@H]2[C@H](C1=O)[C@@]1(Cl)C(Cl)=C(Cl)[C@@]2(Cl)C1(Cl)Cl. The molecule has 0 N–H and O–H groups in total. The molecular formula is C26H17Cl6N3O6. The number of hydrogen-bond donors (Lipinski definition) is 0. The van der Waals surface area contributed by atoms with Crippen LogP contribution in [0.2, 0.25) is 0 Å². The summed E-state index contributed by atoms with van der Waals surface area (Å²) in [6.07, 6.45) is -0.0361. The Labute approximate surface area is 262 Å². The van der Waals surface area contributed by atoms with Gasteiger partial charge in [0.2, 0.25) is 0 Å². The lowest BCUT2D eigenvalue weighted by Gasteiger charge is -2.39. The van der Waals surface area contributed by atoms with Crippen LogP contribution in [0.25, 0.3) is 0 Å². The zero-order chi connectivity index (χ0) is 30.2. The highest BCUT2D eigenvalue weighted by atomic mass is 35.5. The Kier molecular flexibility index (Phi) is 7.41. The van der Waals surface area contributed by atoms with Gasteiger partial charge >= 0.3 is 0 Å². The number of carbonyl (C=O) groups is 4. The van der Waals surface area contributed by atoms with Crippen LogP contribution in [0.4, 0.5) is 5.69 Å². The third-order valence-corrected chi connectivity index (χ3v) is 11.9. The van der Waals surface area contributed by atoms with Crippen molar-refractivity contribution in [3.8, 4) is 0 Å². The van der Waals surface area contributed by atoms with Crippen LogP contribution >= 0.6 is 69.6 Å². The highest BCUT2D eigenvalue weighted by Crippen LogP contribution is 2.77.